The number of nitrogens with zero attached hydrogens (tertiary/aromatic N) is 5. The van der Waals surface area contributed by atoms with E-state index in [2.05, 4.69) is 25.5 Å². The standard InChI is InChI=1S/C22H27F4N7O3/c1-12-5-6-33(21(2,9-12)19-32-31-17(36-19)10-35-4)20(34)30-16-7-13(18(27)29-11-28-3)14(8-15(16)23)22(24,25)26/h7-8,11-12H,5-6,9-10H2,1-4H3,(H,30,34)(H2,27,28,29)/t12-,21-/m0/s1. The number of aliphatic imine (C=N–C) groups is 2. The van der Waals surface area contributed by atoms with Crippen molar-refractivity contribution < 1.29 is 31.5 Å². The highest BCUT2D eigenvalue weighted by molar-refractivity contribution is 6.04. The second-order valence-corrected chi connectivity index (χ2v) is 8.65. The number of methoxy groups -OCH3 is 1. The summed E-state index contributed by atoms with van der Waals surface area (Å²) in [6.07, 6.45) is -2.86. The van der Waals surface area contributed by atoms with Gasteiger partial charge in [-0.2, -0.15) is 13.2 Å². The van der Waals surface area contributed by atoms with Crippen molar-refractivity contribution in [1.82, 2.24) is 15.1 Å². The molecule has 14 heteroatoms. The predicted molar refractivity (Wildman–Crippen MR) is 123 cm³/mol. The summed E-state index contributed by atoms with van der Waals surface area (Å²) in [5.74, 6) is -1.25. The van der Waals surface area contributed by atoms with E-state index < -0.39 is 46.2 Å². The third kappa shape index (κ3) is 5.64. The third-order valence-electron chi connectivity index (χ3n) is 5.87. The largest absolute Gasteiger partial charge is 0.420 e. The number of ether oxygens (including phenoxy) is 1. The number of benzene rings is 1. The first-order valence-electron chi connectivity index (χ1n) is 11.0. The Morgan fingerprint density at radius 3 is 2.78 bits per heavy atom. The van der Waals surface area contributed by atoms with Gasteiger partial charge in [-0.05, 0) is 37.8 Å². The quantitative estimate of drug-likeness (QED) is 0.342. The summed E-state index contributed by atoms with van der Waals surface area (Å²) in [4.78, 5) is 21.9. The number of rotatable bonds is 6. The molecule has 2 aromatic rings. The van der Waals surface area contributed by atoms with Crippen LogP contribution in [0.2, 0.25) is 0 Å². The zero-order valence-electron chi connectivity index (χ0n) is 20.2. The average Bonchev–Trinajstić information content (AvgIpc) is 3.27. The van der Waals surface area contributed by atoms with E-state index in [9.17, 15) is 22.4 Å². The number of hydrogen-bond acceptors (Lipinski definition) is 6. The van der Waals surface area contributed by atoms with Crippen molar-refractivity contribution in [2.75, 3.05) is 26.0 Å². The number of aromatic nitrogens is 2. The molecule has 196 valence electrons. The summed E-state index contributed by atoms with van der Waals surface area (Å²) < 4.78 is 66.1. The van der Waals surface area contributed by atoms with Gasteiger partial charge in [0.1, 0.15) is 30.1 Å². The molecule has 0 spiro atoms. The monoisotopic (exact) mass is 513 g/mol. The first-order valence-corrected chi connectivity index (χ1v) is 11.0. The van der Waals surface area contributed by atoms with Crippen molar-refractivity contribution in [3.8, 4) is 0 Å². The number of piperidine rings is 1. The number of amidine groups is 1. The highest BCUT2D eigenvalue weighted by Crippen LogP contribution is 2.40. The van der Waals surface area contributed by atoms with Gasteiger partial charge in [0.25, 0.3) is 0 Å². The van der Waals surface area contributed by atoms with Gasteiger partial charge >= 0.3 is 12.2 Å². The van der Waals surface area contributed by atoms with Crippen LogP contribution in [0.4, 0.5) is 28.0 Å². The number of anilines is 1. The first-order chi connectivity index (χ1) is 16.9. The van der Waals surface area contributed by atoms with Crippen LogP contribution in [-0.2, 0) is 23.1 Å². The van der Waals surface area contributed by atoms with E-state index >= 15 is 0 Å². The molecule has 0 aliphatic carbocycles. The molecular formula is C22H27F4N7O3. The lowest BCUT2D eigenvalue weighted by atomic mass is 9.82. The number of carbonyl (C=O) groups excluding carboxylic acids is 1. The molecular weight excluding hydrogens is 486 g/mol. The van der Waals surface area contributed by atoms with Crippen molar-refractivity contribution in [3.63, 3.8) is 0 Å². The molecule has 2 amide bonds. The topological polar surface area (TPSA) is 131 Å². The predicted octanol–water partition coefficient (Wildman–Crippen LogP) is 3.92. The highest BCUT2D eigenvalue weighted by Gasteiger charge is 2.46. The van der Waals surface area contributed by atoms with Crippen LogP contribution in [0.15, 0.2) is 26.5 Å². The fourth-order valence-electron chi connectivity index (χ4n) is 4.16. The van der Waals surface area contributed by atoms with Crippen molar-refractivity contribution in [2.45, 2.75) is 45.0 Å². The second kappa shape index (κ2) is 10.6. The average molecular weight is 513 g/mol. The van der Waals surface area contributed by atoms with Gasteiger partial charge in [0.2, 0.25) is 11.8 Å². The molecule has 0 radical (unpaired) electrons. The summed E-state index contributed by atoms with van der Waals surface area (Å²) >= 11 is 0. The van der Waals surface area contributed by atoms with Gasteiger partial charge in [0.05, 0.1) is 11.3 Å². The van der Waals surface area contributed by atoms with Crippen LogP contribution in [0.1, 0.15) is 49.6 Å². The number of hydrogen-bond donors (Lipinski definition) is 2. The van der Waals surface area contributed by atoms with E-state index in [4.69, 9.17) is 14.9 Å². The lowest BCUT2D eigenvalue weighted by Crippen LogP contribution is -2.54. The minimum atomic E-state index is -4.92. The molecule has 1 aliphatic rings. The lowest BCUT2D eigenvalue weighted by molar-refractivity contribution is -0.137. The van der Waals surface area contributed by atoms with E-state index in [-0.39, 0.29) is 36.9 Å². The van der Waals surface area contributed by atoms with Crippen LogP contribution in [0.3, 0.4) is 0 Å². The smallest absolute Gasteiger partial charge is 0.417 e. The number of alkyl halides is 3. The highest BCUT2D eigenvalue weighted by atomic mass is 19.4. The fourth-order valence-corrected chi connectivity index (χ4v) is 4.16. The molecule has 0 saturated carbocycles. The molecule has 1 fully saturated rings. The molecule has 1 aliphatic heterocycles. The Morgan fingerprint density at radius 1 is 1.42 bits per heavy atom. The number of urea groups is 1. The van der Waals surface area contributed by atoms with Crippen LogP contribution in [0.25, 0.3) is 0 Å². The van der Waals surface area contributed by atoms with Crippen LogP contribution in [0.5, 0.6) is 0 Å². The maximum atomic E-state index is 14.8. The van der Waals surface area contributed by atoms with Crippen molar-refractivity contribution in [3.05, 3.63) is 40.9 Å². The Labute approximate surface area is 204 Å². The maximum Gasteiger partial charge on any atom is 0.417 e. The van der Waals surface area contributed by atoms with Gasteiger partial charge in [-0.3, -0.25) is 4.99 Å². The van der Waals surface area contributed by atoms with E-state index in [1.165, 1.54) is 19.1 Å². The van der Waals surface area contributed by atoms with E-state index in [0.29, 0.717) is 12.8 Å². The SMILES string of the molecule is CN=CN=C(N)c1cc(NC(=O)N2CC[C@H](C)C[C@@]2(C)c2nnc(COC)o2)c(F)cc1C(F)(F)F. The minimum absolute atomic E-state index is 0.0795. The van der Waals surface area contributed by atoms with Gasteiger partial charge < -0.3 is 25.1 Å². The lowest BCUT2D eigenvalue weighted by Gasteiger charge is -2.44. The summed E-state index contributed by atoms with van der Waals surface area (Å²) in [6.45, 7) is 4.08. The summed E-state index contributed by atoms with van der Waals surface area (Å²) in [5, 5.41) is 10.4. The van der Waals surface area contributed by atoms with Crippen molar-refractivity contribution in [1.29, 1.82) is 0 Å². The number of nitrogens with one attached hydrogen (secondary N) is 1. The Kier molecular flexibility index (Phi) is 7.96. The molecule has 1 aromatic carbocycles. The molecule has 10 nitrogen and oxygen atoms in total. The minimum Gasteiger partial charge on any atom is -0.420 e. The Morgan fingerprint density at radius 2 is 2.14 bits per heavy atom. The van der Waals surface area contributed by atoms with Gasteiger partial charge in [0.15, 0.2) is 0 Å². The normalized spacial score (nSPS) is 21.3. The summed E-state index contributed by atoms with van der Waals surface area (Å²) in [5.41, 5.74) is 2.22. The summed E-state index contributed by atoms with van der Waals surface area (Å²) in [7, 11) is 2.82. The third-order valence-corrected chi connectivity index (χ3v) is 5.87. The van der Waals surface area contributed by atoms with Crippen molar-refractivity contribution >= 4 is 23.9 Å². The van der Waals surface area contributed by atoms with E-state index in [0.717, 1.165) is 12.4 Å². The fraction of sp³-hybridized carbons (Fsp3) is 0.500. The Hall–Kier alpha value is -3.55. The number of carbonyl (C=O) groups is 1. The number of likely N-dealkylation sites (tertiary alicyclic amines) is 1. The Bertz CT molecular complexity index is 1160. The zero-order valence-corrected chi connectivity index (χ0v) is 20.2. The van der Waals surface area contributed by atoms with Crippen LogP contribution >= 0.6 is 0 Å². The number of halogens is 4. The number of amides is 2. The first kappa shape index (κ1) is 27.0. The molecule has 3 N–H and O–H groups in total. The Balaban J connectivity index is 1.98. The maximum absolute atomic E-state index is 14.8. The van der Waals surface area contributed by atoms with E-state index in [1.807, 2.05) is 6.92 Å². The van der Waals surface area contributed by atoms with Crippen LogP contribution < -0.4 is 11.1 Å². The molecule has 0 bridgehead atoms. The number of nitrogens with two attached hydrogens (primary N) is 1. The molecule has 2 atom stereocenters. The van der Waals surface area contributed by atoms with Gasteiger partial charge in [-0.15, -0.1) is 10.2 Å². The molecule has 1 saturated heterocycles. The van der Waals surface area contributed by atoms with Gasteiger partial charge in [-0.1, -0.05) is 6.92 Å². The van der Waals surface area contributed by atoms with Gasteiger partial charge in [-0.25, -0.2) is 14.2 Å². The molecule has 0 unspecified atom stereocenters. The molecule has 2 heterocycles. The molecule has 3 rings (SSSR count). The van der Waals surface area contributed by atoms with Crippen LogP contribution in [-0.4, -0.2) is 54.0 Å². The zero-order chi connectivity index (χ0) is 26.7. The molecule has 36 heavy (non-hydrogen) atoms. The van der Waals surface area contributed by atoms with Crippen LogP contribution in [0, 0.1) is 11.7 Å². The van der Waals surface area contributed by atoms with Gasteiger partial charge in [0, 0.05) is 26.3 Å². The summed E-state index contributed by atoms with van der Waals surface area (Å²) in [6, 6.07) is 0.306. The van der Waals surface area contributed by atoms with Crippen molar-refractivity contribution in [2.24, 2.45) is 21.6 Å². The second-order valence-electron chi connectivity index (χ2n) is 8.65. The van der Waals surface area contributed by atoms with E-state index in [1.54, 1.807) is 6.92 Å². The molecule has 1 aromatic heterocycles.